The van der Waals surface area contributed by atoms with Gasteiger partial charge in [-0.3, -0.25) is 4.79 Å². The highest BCUT2D eigenvalue weighted by Gasteiger charge is 2.10. The van der Waals surface area contributed by atoms with E-state index in [4.69, 9.17) is 0 Å². The van der Waals surface area contributed by atoms with Crippen molar-refractivity contribution in [3.05, 3.63) is 59.7 Å². The Hall–Kier alpha value is -2.13. The molecule has 0 bridgehead atoms. The summed E-state index contributed by atoms with van der Waals surface area (Å²) in [6.07, 6.45) is 0. The largest absolute Gasteiger partial charge is 0.345 e. The SMILES string of the molecule is CC(c1cccc(-c2ccc(C(=O)N(C)C)cc2)c1)N(C)C. The summed E-state index contributed by atoms with van der Waals surface area (Å²) in [4.78, 5) is 15.7. The van der Waals surface area contributed by atoms with Crippen molar-refractivity contribution >= 4 is 5.91 Å². The van der Waals surface area contributed by atoms with Crippen LogP contribution in [0.15, 0.2) is 48.5 Å². The lowest BCUT2D eigenvalue weighted by Gasteiger charge is -2.20. The van der Waals surface area contributed by atoms with Crippen molar-refractivity contribution in [1.29, 1.82) is 0 Å². The van der Waals surface area contributed by atoms with Gasteiger partial charge in [0.25, 0.3) is 5.91 Å². The van der Waals surface area contributed by atoms with E-state index < -0.39 is 0 Å². The smallest absolute Gasteiger partial charge is 0.253 e. The Morgan fingerprint density at radius 3 is 2.09 bits per heavy atom. The molecule has 0 N–H and O–H groups in total. The Balaban J connectivity index is 2.29. The highest BCUT2D eigenvalue weighted by atomic mass is 16.2. The van der Waals surface area contributed by atoms with Crippen molar-refractivity contribution in [3.63, 3.8) is 0 Å². The van der Waals surface area contributed by atoms with Crippen LogP contribution in [0.3, 0.4) is 0 Å². The number of carbonyl (C=O) groups excluding carboxylic acids is 1. The van der Waals surface area contributed by atoms with Gasteiger partial charge in [0, 0.05) is 25.7 Å². The average Bonchev–Trinajstić information content (AvgIpc) is 2.53. The van der Waals surface area contributed by atoms with Crippen LogP contribution in [-0.4, -0.2) is 43.9 Å². The molecule has 0 saturated heterocycles. The summed E-state index contributed by atoms with van der Waals surface area (Å²) in [7, 11) is 7.70. The number of amides is 1. The fourth-order valence-electron chi connectivity index (χ4n) is 2.34. The Kier molecular flexibility index (Phi) is 4.99. The molecule has 0 saturated carbocycles. The Morgan fingerprint density at radius 1 is 0.909 bits per heavy atom. The van der Waals surface area contributed by atoms with Crippen molar-refractivity contribution in [1.82, 2.24) is 9.80 Å². The quantitative estimate of drug-likeness (QED) is 0.859. The minimum Gasteiger partial charge on any atom is -0.345 e. The molecule has 116 valence electrons. The van der Waals surface area contributed by atoms with Crippen LogP contribution in [0.1, 0.15) is 28.9 Å². The van der Waals surface area contributed by atoms with Gasteiger partial charge in [0.05, 0.1) is 0 Å². The van der Waals surface area contributed by atoms with Crippen LogP contribution in [0, 0.1) is 0 Å². The lowest BCUT2D eigenvalue weighted by Crippen LogP contribution is -2.21. The first-order valence-corrected chi connectivity index (χ1v) is 7.48. The molecule has 1 unspecified atom stereocenters. The summed E-state index contributed by atoms with van der Waals surface area (Å²) >= 11 is 0. The van der Waals surface area contributed by atoms with Gasteiger partial charge in [0.2, 0.25) is 0 Å². The minimum atomic E-state index is 0.0292. The molecular formula is C19H24N2O. The van der Waals surface area contributed by atoms with Gasteiger partial charge in [-0.2, -0.15) is 0 Å². The van der Waals surface area contributed by atoms with Gasteiger partial charge in [0.1, 0.15) is 0 Å². The molecule has 2 aromatic carbocycles. The third-order valence-corrected chi connectivity index (χ3v) is 4.01. The van der Waals surface area contributed by atoms with Gasteiger partial charge in [-0.25, -0.2) is 0 Å². The molecular weight excluding hydrogens is 272 g/mol. The zero-order chi connectivity index (χ0) is 16.3. The first-order valence-electron chi connectivity index (χ1n) is 7.48. The maximum Gasteiger partial charge on any atom is 0.253 e. The van der Waals surface area contributed by atoms with E-state index in [1.54, 1.807) is 19.0 Å². The monoisotopic (exact) mass is 296 g/mol. The Morgan fingerprint density at radius 2 is 1.55 bits per heavy atom. The van der Waals surface area contributed by atoms with E-state index in [9.17, 15) is 4.79 Å². The number of benzene rings is 2. The molecule has 0 fully saturated rings. The predicted octanol–water partition coefficient (Wildman–Crippen LogP) is 3.68. The van der Waals surface area contributed by atoms with Crippen LogP contribution in [0.2, 0.25) is 0 Å². The maximum atomic E-state index is 11.9. The van der Waals surface area contributed by atoms with Gasteiger partial charge >= 0.3 is 0 Å². The molecule has 0 radical (unpaired) electrons. The second kappa shape index (κ2) is 6.75. The zero-order valence-electron chi connectivity index (χ0n) is 14.0. The summed E-state index contributed by atoms with van der Waals surface area (Å²) in [5.74, 6) is 0.0292. The van der Waals surface area contributed by atoms with E-state index in [-0.39, 0.29) is 5.91 Å². The molecule has 0 spiro atoms. The first kappa shape index (κ1) is 16.2. The van der Waals surface area contributed by atoms with Crippen LogP contribution in [-0.2, 0) is 0 Å². The lowest BCUT2D eigenvalue weighted by molar-refractivity contribution is 0.0827. The molecule has 0 aliphatic heterocycles. The predicted molar refractivity (Wildman–Crippen MR) is 92.0 cm³/mol. The summed E-state index contributed by atoms with van der Waals surface area (Å²) in [5.41, 5.74) is 4.31. The van der Waals surface area contributed by atoms with E-state index in [1.807, 2.05) is 24.3 Å². The fraction of sp³-hybridized carbons (Fsp3) is 0.316. The lowest BCUT2D eigenvalue weighted by atomic mass is 9.99. The Labute approximate surface area is 133 Å². The van der Waals surface area contributed by atoms with Crippen LogP contribution in [0.25, 0.3) is 11.1 Å². The second-order valence-electron chi connectivity index (χ2n) is 6.04. The van der Waals surface area contributed by atoms with Crippen LogP contribution < -0.4 is 0 Å². The van der Waals surface area contributed by atoms with Crippen molar-refractivity contribution in [3.8, 4) is 11.1 Å². The van der Waals surface area contributed by atoms with Crippen molar-refractivity contribution in [2.75, 3.05) is 28.2 Å². The minimum absolute atomic E-state index is 0.0292. The summed E-state index contributed by atoms with van der Waals surface area (Å²) in [6, 6.07) is 16.7. The van der Waals surface area contributed by atoms with Gasteiger partial charge in [-0.05, 0) is 55.9 Å². The van der Waals surface area contributed by atoms with E-state index in [0.29, 0.717) is 11.6 Å². The standard InChI is InChI=1S/C19H24N2O/c1-14(20(2)3)17-7-6-8-18(13-17)15-9-11-16(12-10-15)19(22)21(4)5/h6-14H,1-5H3. The molecule has 0 aliphatic carbocycles. The number of hydrogen-bond acceptors (Lipinski definition) is 2. The molecule has 3 heteroatoms. The first-order chi connectivity index (χ1) is 10.4. The molecule has 2 aromatic rings. The normalized spacial score (nSPS) is 12.3. The van der Waals surface area contributed by atoms with Gasteiger partial charge in [0.15, 0.2) is 0 Å². The van der Waals surface area contributed by atoms with Gasteiger partial charge < -0.3 is 9.80 Å². The van der Waals surface area contributed by atoms with Crippen molar-refractivity contribution in [2.45, 2.75) is 13.0 Å². The molecule has 1 atom stereocenters. The third-order valence-electron chi connectivity index (χ3n) is 4.01. The molecule has 0 aromatic heterocycles. The summed E-state index contributed by atoms with van der Waals surface area (Å²) in [5, 5.41) is 0. The summed E-state index contributed by atoms with van der Waals surface area (Å²) in [6.45, 7) is 2.19. The number of carbonyl (C=O) groups is 1. The maximum absolute atomic E-state index is 11.9. The van der Waals surface area contributed by atoms with Crippen molar-refractivity contribution < 1.29 is 4.79 Å². The molecule has 3 nitrogen and oxygen atoms in total. The fourth-order valence-corrected chi connectivity index (χ4v) is 2.34. The van der Waals surface area contributed by atoms with E-state index in [1.165, 1.54) is 11.1 Å². The molecule has 0 aliphatic rings. The second-order valence-corrected chi connectivity index (χ2v) is 6.04. The van der Waals surface area contributed by atoms with Crippen LogP contribution >= 0.6 is 0 Å². The van der Waals surface area contributed by atoms with E-state index >= 15 is 0 Å². The number of hydrogen-bond donors (Lipinski definition) is 0. The average molecular weight is 296 g/mol. The molecule has 2 rings (SSSR count). The highest BCUT2D eigenvalue weighted by Crippen LogP contribution is 2.25. The van der Waals surface area contributed by atoms with Crippen LogP contribution in [0.5, 0.6) is 0 Å². The summed E-state index contributed by atoms with van der Waals surface area (Å²) < 4.78 is 0. The Bertz CT molecular complexity index is 645. The van der Waals surface area contributed by atoms with Crippen LogP contribution in [0.4, 0.5) is 0 Å². The van der Waals surface area contributed by atoms with Crippen molar-refractivity contribution in [2.24, 2.45) is 0 Å². The highest BCUT2D eigenvalue weighted by molar-refractivity contribution is 5.94. The van der Waals surface area contributed by atoms with E-state index in [0.717, 1.165) is 5.56 Å². The number of nitrogens with zero attached hydrogens (tertiary/aromatic N) is 2. The van der Waals surface area contributed by atoms with Gasteiger partial charge in [-0.15, -0.1) is 0 Å². The van der Waals surface area contributed by atoms with E-state index in [2.05, 4.69) is 50.2 Å². The molecule has 1 amide bonds. The van der Waals surface area contributed by atoms with Gasteiger partial charge in [-0.1, -0.05) is 30.3 Å². The topological polar surface area (TPSA) is 23.6 Å². The molecule has 0 heterocycles. The molecule has 22 heavy (non-hydrogen) atoms. The zero-order valence-corrected chi connectivity index (χ0v) is 14.0. The third kappa shape index (κ3) is 3.55. The number of rotatable bonds is 4.